The fraction of sp³-hybridized carbons (Fsp3) is 0.500. The largest absolute Gasteiger partial charge is 0.504 e. The van der Waals surface area contributed by atoms with Crippen LogP contribution >= 0.6 is 0 Å². The summed E-state index contributed by atoms with van der Waals surface area (Å²) in [6.07, 6.45) is 4.54. The first-order valence-corrected chi connectivity index (χ1v) is 8.86. The number of rotatable bonds is 10. The van der Waals surface area contributed by atoms with E-state index in [2.05, 4.69) is 4.72 Å². The van der Waals surface area contributed by atoms with Gasteiger partial charge in [-0.3, -0.25) is 0 Å². The summed E-state index contributed by atoms with van der Waals surface area (Å²) >= 11 is 0. The summed E-state index contributed by atoms with van der Waals surface area (Å²) in [6, 6.07) is 6.77. The third kappa shape index (κ3) is 6.60. The van der Waals surface area contributed by atoms with E-state index >= 15 is 0 Å². The Morgan fingerprint density at radius 1 is 1.23 bits per heavy atom. The van der Waals surface area contributed by atoms with Crippen molar-refractivity contribution in [3.8, 4) is 0 Å². The summed E-state index contributed by atoms with van der Waals surface area (Å²) in [4.78, 5) is 0.283. The van der Waals surface area contributed by atoms with Crippen molar-refractivity contribution in [3.63, 3.8) is 0 Å². The van der Waals surface area contributed by atoms with Gasteiger partial charge in [-0.05, 0) is 50.3 Å². The maximum atomic E-state index is 12.1. The number of benzene rings is 1. The van der Waals surface area contributed by atoms with Crippen LogP contribution < -0.4 is 4.72 Å². The second kappa shape index (κ2) is 9.61. The molecule has 0 spiro atoms. The predicted molar refractivity (Wildman–Crippen MR) is 87.0 cm³/mol. The van der Waals surface area contributed by atoms with Crippen LogP contribution in [0.5, 0.6) is 0 Å². The molecule has 0 radical (unpaired) electrons. The van der Waals surface area contributed by atoms with Crippen LogP contribution in [-0.2, 0) is 14.8 Å². The Morgan fingerprint density at radius 2 is 1.86 bits per heavy atom. The molecule has 0 heterocycles. The lowest BCUT2D eigenvalue weighted by Gasteiger charge is -2.09. The topological polar surface area (TPSA) is 75.6 Å². The van der Waals surface area contributed by atoms with Crippen LogP contribution in [0.25, 0.3) is 0 Å². The van der Waals surface area contributed by atoms with Crippen LogP contribution in [0.3, 0.4) is 0 Å². The third-order valence-electron chi connectivity index (χ3n) is 3.24. The molecular weight excluding hydrogens is 302 g/mol. The summed E-state index contributed by atoms with van der Waals surface area (Å²) < 4.78 is 31.8. The minimum absolute atomic E-state index is 0.140. The quantitative estimate of drug-likeness (QED) is 0.511. The van der Waals surface area contributed by atoms with E-state index in [0.717, 1.165) is 24.0 Å². The van der Waals surface area contributed by atoms with Crippen molar-refractivity contribution < 1.29 is 18.3 Å². The number of nitrogens with one attached hydrogen (secondary N) is 1. The molecule has 0 unspecified atom stereocenters. The molecule has 0 aliphatic rings. The van der Waals surface area contributed by atoms with Crippen molar-refractivity contribution in [1.82, 2.24) is 4.72 Å². The second-order valence-corrected chi connectivity index (χ2v) is 6.92. The number of aliphatic hydroxyl groups is 1. The van der Waals surface area contributed by atoms with Gasteiger partial charge in [-0.25, -0.2) is 13.1 Å². The lowest BCUT2D eigenvalue weighted by molar-refractivity contribution is 0.285. The van der Waals surface area contributed by atoms with Crippen LogP contribution in [0.1, 0.15) is 31.2 Å². The van der Waals surface area contributed by atoms with Gasteiger partial charge in [0.2, 0.25) is 10.0 Å². The Hall–Kier alpha value is -1.37. The van der Waals surface area contributed by atoms with Crippen molar-refractivity contribution in [1.29, 1.82) is 0 Å². The van der Waals surface area contributed by atoms with Crippen molar-refractivity contribution in [2.45, 2.75) is 37.5 Å². The molecule has 0 aliphatic carbocycles. The molecule has 0 aromatic heterocycles. The number of sulfonamides is 1. The van der Waals surface area contributed by atoms with E-state index < -0.39 is 10.0 Å². The normalized spacial score (nSPS) is 12.4. The molecule has 0 saturated heterocycles. The summed E-state index contributed by atoms with van der Waals surface area (Å²) in [6.45, 7) is 2.43. The Balaban J connectivity index is 2.45. The molecule has 1 rings (SSSR count). The molecule has 1 aromatic carbocycles. The van der Waals surface area contributed by atoms with E-state index in [-0.39, 0.29) is 11.5 Å². The van der Waals surface area contributed by atoms with Gasteiger partial charge < -0.3 is 9.84 Å². The van der Waals surface area contributed by atoms with Gasteiger partial charge in [-0.15, -0.1) is 0 Å². The number of aliphatic hydroxyl groups excluding tert-OH is 1. The van der Waals surface area contributed by atoms with E-state index in [4.69, 9.17) is 9.84 Å². The molecular formula is C16H25NO4S. The predicted octanol–water partition coefficient (Wildman–Crippen LogP) is 2.36. The van der Waals surface area contributed by atoms with E-state index in [1.54, 1.807) is 37.6 Å². The molecule has 0 fully saturated rings. The number of methoxy groups -OCH3 is 1. The molecule has 1 aromatic rings. The number of aryl methyl sites for hydroxylation is 1. The molecule has 0 amide bonds. The average molecular weight is 327 g/mol. The minimum Gasteiger partial charge on any atom is -0.504 e. The second-order valence-electron chi connectivity index (χ2n) is 5.15. The lowest BCUT2D eigenvalue weighted by Crippen LogP contribution is -2.24. The zero-order chi connectivity index (χ0) is 16.4. The van der Waals surface area contributed by atoms with Crippen LogP contribution in [0.4, 0.5) is 0 Å². The van der Waals surface area contributed by atoms with Gasteiger partial charge in [-0.2, -0.15) is 0 Å². The van der Waals surface area contributed by atoms with Crippen molar-refractivity contribution >= 4 is 10.0 Å². The third-order valence-corrected chi connectivity index (χ3v) is 4.72. The molecule has 22 heavy (non-hydrogen) atoms. The molecule has 0 bridgehead atoms. The average Bonchev–Trinajstić information content (AvgIpc) is 2.49. The van der Waals surface area contributed by atoms with Gasteiger partial charge in [0.15, 0.2) is 0 Å². The molecule has 2 N–H and O–H groups in total. The van der Waals surface area contributed by atoms with Crippen molar-refractivity contribution in [2.75, 3.05) is 20.3 Å². The maximum Gasteiger partial charge on any atom is 0.240 e. The first kappa shape index (κ1) is 18.7. The maximum absolute atomic E-state index is 12.1. The highest BCUT2D eigenvalue weighted by Gasteiger charge is 2.12. The molecule has 124 valence electrons. The number of allylic oxidation sites excluding steroid dienone is 1. The van der Waals surface area contributed by atoms with Crippen LogP contribution in [0, 0.1) is 6.92 Å². The highest BCUT2D eigenvalue weighted by atomic mass is 32.2. The monoisotopic (exact) mass is 327 g/mol. The summed E-state index contributed by atoms with van der Waals surface area (Å²) in [5, 5.41) is 8.85. The van der Waals surface area contributed by atoms with Crippen LogP contribution in [0.2, 0.25) is 0 Å². The lowest BCUT2D eigenvalue weighted by atomic mass is 10.1. The molecule has 0 saturated carbocycles. The molecule has 6 heteroatoms. The Morgan fingerprint density at radius 3 is 2.45 bits per heavy atom. The van der Waals surface area contributed by atoms with Crippen LogP contribution in [-0.4, -0.2) is 33.8 Å². The molecule has 5 nitrogen and oxygen atoms in total. The fourth-order valence-corrected chi connectivity index (χ4v) is 3.11. The van der Waals surface area contributed by atoms with Gasteiger partial charge in [0.1, 0.15) is 0 Å². The van der Waals surface area contributed by atoms with E-state index in [0.29, 0.717) is 19.4 Å². The zero-order valence-corrected chi connectivity index (χ0v) is 14.0. The molecule has 0 aliphatic heterocycles. The van der Waals surface area contributed by atoms with E-state index in [1.165, 1.54) is 0 Å². The summed E-state index contributed by atoms with van der Waals surface area (Å²) in [7, 11) is -1.86. The number of hydrogen-bond acceptors (Lipinski definition) is 4. The minimum atomic E-state index is -3.44. The van der Waals surface area contributed by atoms with Crippen molar-refractivity contribution in [3.05, 3.63) is 41.7 Å². The number of ether oxygens (including phenoxy) is 1. The summed E-state index contributed by atoms with van der Waals surface area (Å²) in [5.41, 5.74) is 2.10. The summed E-state index contributed by atoms with van der Waals surface area (Å²) in [5.74, 6) is 0. The van der Waals surface area contributed by atoms with E-state index in [1.807, 2.05) is 6.92 Å². The van der Waals surface area contributed by atoms with Gasteiger partial charge >= 0.3 is 0 Å². The van der Waals surface area contributed by atoms with Gasteiger partial charge in [0.05, 0.1) is 18.3 Å². The van der Waals surface area contributed by atoms with Crippen LogP contribution in [0.15, 0.2) is 41.0 Å². The number of hydrogen-bond donors (Lipinski definition) is 2. The smallest absolute Gasteiger partial charge is 0.240 e. The van der Waals surface area contributed by atoms with Gasteiger partial charge in [0.25, 0.3) is 0 Å². The zero-order valence-electron chi connectivity index (χ0n) is 13.2. The van der Waals surface area contributed by atoms with E-state index in [9.17, 15) is 8.42 Å². The fourth-order valence-electron chi connectivity index (χ4n) is 2.04. The van der Waals surface area contributed by atoms with Gasteiger partial charge in [-0.1, -0.05) is 17.7 Å². The SMILES string of the molecule is CO/C=C(/CCCO)CCCNS(=O)(=O)c1ccc(C)cc1. The van der Waals surface area contributed by atoms with Gasteiger partial charge in [0, 0.05) is 13.2 Å². The standard InChI is InChI=1S/C16H25NO4S/c1-14-7-9-16(10-8-14)22(19,20)17-11-3-5-15(13-21-2)6-4-12-18/h7-10,13,17-18H,3-6,11-12H2,1-2H3/b15-13+. The highest BCUT2D eigenvalue weighted by molar-refractivity contribution is 7.89. The Labute approximate surface area is 133 Å². The first-order chi connectivity index (χ1) is 10.5. The molecule has 0 atom stereocenters. The first-order valence-electron chi connectivity index (χ1n) is 7.37. The Bertz CT molecular complexity index is 564. The highest BCUT2D eigenvalue weighted by Crippen LogP contribution is 2.13. The van der Waals surface area contributed by atoms with Crippen molar-refractivity contribution in [2.24, 2.45) is 0 Å². The Kier molecular flexibility index (Phi) is 8.16.